The molecule has 0 aromatic carbocycles. The molecule has 11 heavy (non-hydrogen) atoms. The Bertz CT molecular complexity index is 147. The summed E-state index contributed by atoms with van der Waals surface area (Å²) < 4.78 is 4.88. The van der Waals surface area contributed by atoms with Gasteiger partial charge in [0.2, 0.25) is 0 Å². The number of carbonyl (C=O) groups is 1. The van der Waals surface area contributed by atoms with Crippen molar-refractivity contribution in [3.05, 3.63) is 0 Å². The van der Waals surface area contributed by atoms with Crippen LogP contribution in [-0.2, 0) is 9.53 Å². The second-order valence-electron chi connectivity index (χ2n) is 3.02. The highest BCUT2D eigenvalue weighted by Gasteiger charge is 2.28. The molecule has 0 unspecified atom stereocenters. The number of esters is 1. The third kappa shape index (κ3) is 2.19. The van der Waals surface area contributed by atoms with Gasteiger partial charge in [-0.3, -0.25) is 4.79 Å². The van der Waals surface area contributed by atoms with E-state index in [2.05, 4.69) is 0 Å². The van der Waals surface area contributed by atoms with E-state index in [0.29, 0.717) is 6.61 Å². The second-order valence-corrected chi connectivity index (χ2v) is 3.02. The van der Waals surface area contributed by atoms with Gasteiger partial charge in [0.1, 0.15) is 0 Å². The topological polar surface area (TPSA) is 52.3 Å². The minimum Gasteiger partial charge on any atom is -0.466 e. The summed E-state index contributed by atoms with van der Waals surface area (Å²) in [7, 11) is 0. The zero-order valence-corrected chi connectivity index (χ0v) is 6.88. The SMILES string of the molecule is CCOC(=O)[C@@H]1CC[C@H](N)C1. The number of carbonyl (C=O) groups excluding carboxylic acids is 1. The van der Waals surface area contributed by atoms with Crippen molar-refractivity contribution in [2.45, 2.75) is 32.2 Å². The van der Waals surface area contributed by atoms with Crippen molar-refractivity contribution in [3.63, 3.8) is 0 Å². The first-order valence-electron chi connectivity index (χ1n) is 4.16. The first-order valence-corrected chi connectivity index (χ1v) is 4.16. The van der Waals surface area contributed by atoms with Crippen molar-refractivity contribution in [1.29, 1.82) is 0 Å². The van der Waals surface area contributed by atoms with Crippen molar-refractivity contribution >= 4 is 5.97 Å². The molecule has 2 atom stereocenters. The van der Waals surface area contributed by atoms with Gasteiger partial charge in [-0.2, -0.15) is 0 Å². The molecule has 0 aromatic rings. The average molecular weight is 157 g/mol. The Morgan fingerprint density at radius 1 is 1.64 bits per heavy atom. The van der Waals surface area contributed by atoms with E-state index in [0.717, 1.165) is 19.3 Å². The van der Waals surface area contributed by atoms with E-state index in [9.17, 15) is 4.79 Å². The van der Waals surface area contributed by atoms with Crippen molar-refractivity contribution < 1.29 is 9.53 Å². The summed E-state index contributed by atoms with van der Waals surface area (Å²) in [6.45, 7) is 2.30. The van der Waals surface area contributed by atoms with E-state index >= 15 is 0 Å². The number of ether oxygens (including phenoxy) is 1. The molecule has 0 bridgehead atoms. The van der Waals surface area contributed by atoms with E-state index in [1.807, 2.05) is 6.92 Å². The van der Waals surface area contributed by atoms with Crippen LogP contribution in [0.15, 0.2) is 0 Å². The van der Waals surface area contributed by atoms with Gasteiger partial charge in [-0.1, -0.05) is 0 Å². The average Bonchev–Trinajstić information content (AvgIpc) is 2.36. The van der Waals surface area contributed by atoms with Crippen LogP contribution in [0.3, 0.4) is 0 Å². The van der Waals surface area contributed by atoms with Crippen molar-refractivity contribution in [3.8, 4) is 0 Å². The monoisotopic (exact) mass is 157 g/mol. The van der Waals surface area contributed by atoms with Gasteiger partial charge >= 0.3 is 5.97 Å². The molecule has 3 nitrogen and oxygen atoms in total. The largest absolute Gasteiger partial charge is 0.466 e. The fraction of sp³-hybridized carbons (Fsp3) is 0.875. The molecule has 1 saturated carbocycles. The molecule has 0 spiro atoms. The first kappa shape index (κ1) is 8.53. The van der Waals surface area contributed by atoms with Crippen molar-refractivity contribution in [2.24, 2.45) is 11.7 Å². The van der Waals surface area contributed by atoms with Crippen molar-refractivity contribution in [2.75, 3.05) is 6.61 Å². The summed E-state index contributed by atoms with van der Waals surface area (Å²) in [5.41, 5.74) is 5.65. The Morgan fingerprint density at radius 2 is 2.36 bits per heavy atom. The van der Waals surface area contributed by atoms with Crippen LogP contribution in [0.25, 0.3) is 0 Å². The highest BCUT2D eigenvalue weighted by Crippen LogP contribution is 2.24. The molecule has 64 valence electrons. The van der Waals surface area contributed by atoms with Crippen LogP contribution in [0, 0.1) is 5.92 Å². The van der Waals surface area contributed by atoms with E-state index in [1.54, 1.807) is 0 Å². The lowest BCUT2D eigenvalue weighted by atomic mass is 10.1. The number of hydrogen-bond donors (Lipinski definition) is 1. The lowest BCUT2D eigenvalue weighted by molar-refractivity contribution is -0.147. The molecule has 0 heterocycles. The van der Waals surface area contributed by atoms with E-state index in [-0.39, 0.29) is 17.9 Å². The molecule has 1 fully saturated rings. The summed E-state index contributed by atoms with van der Waals surface area (Å²) in [6.07, 6.45) is 2.67. The van der Waals surface area contributed by atoms with E-state index in [4.69, 9.17) is 10.5 Å². The highest BCUT2D eigenvalue weighted by atomic mass is 16.5. The number of hydrogen-bond acceptors (Lipinski definition) is 3. The Labute approximate surface area is 66.9 Å². The first-order chi connectivity index (χ1) is 5.24. The minimum atomic E-state index is -0.0690. The van der Waals surface area contributed by atoms with Gasteiger partial charge in [0.25, 0.3) is 0 Å². The van der Waals surface area contributed by atoms with E-state index in [1.165, 1.54) is 0 Å². The second kappa shape index (κ2) is 3.72. The van der Waals surface area contributed by atoms with Crippen LogP contribution < -0.4 is 5.73 Å². The predicted octanol–water partition coefficient (Wildman–Crippen LogP) is 0.677. The third-order valence-electron chi connectivity index (χ3n) is 2.09. The van der Waals surface area contributed by atoms with Crippen molar-refractivity contribution in [1.82, 2.24) is 0 Å². The standard InChI is InChI=1S/C8H15NO2/c1-2-11-8(10)6-3-4-7(9)5-6/h6-7H,2-5,9H2,1H3/t6-,7+/m1/s1. The van der Waals surface area contributed by atoms with Crippen LogP contribution >= 0.6 is 0 Å². The summed E-state index contributed by atoms with van der Waals surface area (Å²) in [5.74, 6) is 0.00500. The molecular weight excluding hydrogens is 142 g/mol. The lowest BCUT2D eigenvalue weighted by Gasteiger charge is -2.07. The Hall–Kier alpha value is -0.570. The summed E-state index contributed by atoms with van der Waals surface area (Å²) in [5, 5.41) is 0. The van der Waals surface area contributed by atoms with Crippen LogP contribution in [0.1, 0.15) is 26.2 Å². The Balaban J connectivity index is 2.31. The summed E-state index contributed by atoms with van der Waals surface area (Å²) in [6, 6.07) is 0.212. The van der Waals surface area contributed by atoms with E-state index < -0.39 is 0 Å². The Kier molecular flexibility index (Phi) is 2.88. The lowest BCUT2D eigenvalue weighted by Crippen LogP contribution is -2.19. The van der Waals surface area contributed by atoms with Crippen LogP contribution in [0.5, 0.6) is 0 Å². The van der Waals surface area contributed by atoms with Gasteiger partial charge in [0.15, 0.2) is 0 Å². The van der Waals surface area contributed by atoms with Gasteiger partial charge in [-0.05, 0) is 26.2 Å². The molecule has 0 radical (unpaired) electrons. The Morgan fingerprint density at radius 3 is 2.82 bits per heavy atom. The van der Waals surface area contributed by atoms with Gasteiger partial charge in [-0.15, -0.1) is 0 Å². The van der Waals surface area contributed by atoms with Gasteiger partial charge in [0.05, 0.1) is 12.5 Å². The zero-order chi connectivity index (χ0) is 8.27. The van der Waals surface area contributed by atoms with Crippen LogP contribution in [-0.4, -0.2) is 18.6 Å². The number of nitrogens with two attached hydrogens (primary N) is 1. The fourth-order valence-electron chi connectivity index (χ4n) is 1.49. The molecule has 3 heteroatoms. The molecule has 0 aliphatic heterocycles. The molecular formula is C8H15NO2. The highest BCUT2D eigenvalue weighted by molar-refractivity contribution is 5.72. The molecule has 0 aromatic heterocycles. The minimum absolute atomic E-state index is 0.0690. The van der Waals surface area contributed by atoms with Gasteiger partial charge < -0.3 is 10.5 Å². The predicted molar refractivity (Wildman–Crippen MR) is 41.9 cm³/mol. The molecule has 1 aliphatic rings. The van der Waals surface area contributed by atoms with Gasteiger partial charge in [0, 0.05) is 6.04 Å². The van der Waals surface area contributed by atoms with Crippen LogP contribution in [0.4, 0.5) is 0 Å². The third-order valence-corrected chi connectivity index (χ3v) is 2.09. The molecule has 1 aliphatic carbocycles. The smallest absolute Gasteiger partial charge is 0.308 e. The fourth-order valence-corrected chi connectivity index (χ4v) is 1.49. The zero-order valence-electron chi connectivity index (χ0n) is 6.88. The maximum absolute atomic E-state index is 11.1. The molecule has 0 saturated heterocycles. The number of rotatable bonds is 2. The summed E-state index contributed by atoms with van der Waals surface area (Å²) in [4.78, 5) is 11.1. The van der Waals surface area contributed by atoms with Gasteiger partial charge in [-0.25, -0.2) is 0 Å². The summed E-state index contributed by atoms with van der Waals surface area (Å²) >= 11 is 0. The van der Waals surface area contributed by atoms with Crippen LogP contribution in [0.2, 0.25) is 0 Å². The molecule has 2 N–H and O–H groups in total. The molecule has 0 amide bonds. The maximum atomic E-state index is 11.1. The normalized spacial score (nSPS) is 30.4. The molecule has 1 rings (SSSR count). The quantitative estimate of drug-likeness (QED) is 0.599. The maximum Gasteiger partial charge on any atom is 0.308 e.